The molecule has 0 saturated carbocycles. The standard InChI is InChI=1S/C66H114N24O11/c1-39(2)35-43(69)53(91)82-46(25-15-31-78-63(70)71)55(93)84-45(24-12-14-30-68)57(95)88-50(36-40(3)4)59(97)86-47(26-16-32-79-64(72)73)56(94)83-44(23-11-13-29-67)54(92)85-48(27-17-33-80-65(74)75)58(96)89-52(38-42-21-9-6-10-22-42)61(99)90-51(37-41-19-7-5-8-20-41)60(98)87-49(62(100)101)28-18-34-81-66(76)77/h5-10,19-22,39-40,43-52H,11-18,23-38,67-69H2,1-4H3,(H,82,91)(H,83,94)(H,84,93)(H,85,92)(H,86,97)(H,87,98)(H,88,95)(H,89,96)(H,90,99)(H,100,101)(H4,70,71,78)(H4,72,73,79)(H4,74,75,80)(H4,76,77,81)/t43-,44-,45-,46-,47-,48-,49-,50-,51-,52-/m0/s1. The fraction of sp³-hybridized carbons (Fsp3) is 0.606. The van der Waals surface area contributed by atoms with Gasteiger partial charge in [-0.15, -0.1) is 0 Å². The van der Waals surface area contributed by atoms with Crippen molar-refractivity contribution in [2.24, 2.45) is 94.9 Å². The Kier molecular flexibility index (Phi) is 42.1. The number of aliphatic imine (C=N–C) groups is 4. The number of nitrogens with zero attached hydrogens (tertiary/aromatic N) is 4. The Labute approximate surface area is 591 Å². The summed E-state index contributed by atoms with van der Waals surface area (Å²) in [6.07, 6.45) is 2.02. The SMILES string of the molecule is CC(C)C[C@H](NC(=O)[C@H](CCCCN)NC(=O)[C@H](CCCN=C(N)N)NC(=O)[C@@H](N)CC(C)C)C(=O)N[C@@H](CCCN=C(N)N)C(=O)N[C@@H](CCCCN)C(=O)N[C@@H](CCCN=C(N)N)C(=O)N[C@@H](Cc1ccccc1)C(=O)N[C@@H](Cc1ccccc1)C(=O)N[C@@H](CCCN=C(N)N)C(=O)O. The quantitative estimate of drug-likeness (QED) is 0.0170. The zero-order valence-electron chi connectivity index (χ0n) is 58.8. The molecular weight excluding hydrogens is 1300 g/mol. The lowest BCUT2D eigenvalue weighted by atomic mass is 10.00. The lowest BCUT2D eigenvalue weighted by Gasteiger charge is -2.29. The topological polar surface area (TPSA) is 635 Å². The highest BCUT2D eigenvalue weighted by atomic mass is 16.4. The van der Waals surface area contributed by atoms with Crippen molar-refractivity contribution in [1.29, 1.82) is 0 Å². The molecule has 0 aliphatic heterocycles. The summed E-state index contributed by atoms with van der Waals surface area (Å²) in [5.74, 6) is -9.57. The molecule has 2 aromatic carbocycles. The maximum atomic E-state index is 14.9. The van der Waals surface area contributed by atoms with Crippen LogP contribution in [0.25, 0.3) is 0 Å². The molecule has 0 unspecified atom stereocenters. The highest BCUT2D eigenvalue weighted by molar-refractivity contribution is 5.99. The molecule has 35 heteroatoms. The van der Waals surface area contributed by atoms with Gasteiger partial charge in [0.2, 0.25) is 53.2 Å². The number of carbonyl (C=O) groups is 10. The normalized spacial score (nSPS) is 14.0. The van der Waals surface area contributed by atoms with Crippen LogP contribution in [0.5, 0.6) is 0 Å². The fourth-order valence-electron chi connectivity index (χ4n) is 10.5. The molecule has 35 nitrogen and oxygen atoms in total. The highest BCUT2D eigenvalue weighted by Crippen LogP contribution is 2.15. The predicted molar refractivity (Wildman–Crippen MR) is 388 cm³/mol. The molecule has 0 aliphatic carbocycles. The van der Waals surface area contributed by atoms with Gasteiger partial charge >= 0.3 is 5.97 Å². The second kappa shape index (κ2) is 48.8. The van der Waals surface area contributed by atoms with Crippen LogP contribution in [0, 0.1) is 11.8 Å². The van der Waals surface area contributed by atoms with Crippen molar-refractivity contribution < 1.29 is 53.1 Å². The van der Waals surface area contributed by atoms with E-state index in [0.29, 0.717) is 36.8 Å². The molecular formula is C66H114N24O11. The molecule has 0 spiro atoms. The van der Waals surface area contributed by atoms with E-state index in [2.05, 4.69) is 67.8 Å². The number of unbranched alkanes of at least 4 members (excludes halogenated alkanes) is 2. The second-order valence-corrected chi connectivity index (χ2v) is 25.5. The number of nitrogens with one attached hydrogen (secondary N) is 9. The van der Waals surface area contributed by atoms with Crippen LogP contribution >= 0.6 is 0 Å². The summed E-state index contributed by atoms with van der Waals surface area (Å²) in [6, 6.07) is 3.96. The molecule has 2 aromatic rings. The summed E-state index contributed by atoms with van der Waals surface area (Å²) in [6.45, 7) is 8.06. The van der Waals surface area contributed by atoms with Crippen molar-refractivity contribution in [1.82, 2.24) is 47.9 Å². The molecule has 0 saturated heterocycles. The number of hydrogen-bond donors (Lipinski definition) is 21. The minimum absolute atomic E-state index is 0.00525. The number of carboxylic acid groups (broad SMARTS) is 1. The third kappa shape index (κ3) is 37.8. The zero-order valence-corrected chi connectivity index (χ0v) is 58.8. The molecule has 101 heavy (non-hydrogen) atoms. The van der Waals surface area contributed by atoms with Gasteiger partial charge in [0.05, 0.1) is 6.04 Å². The van der Waals surface area contributed by atoms with Gasteiger partial charge in [-0.05, 0) is 139 Å². The average molecular weight is 1420 g/mol. The number of aliphatic carboxylic acids is 1. The lowest BCUT2D eigenvalue weighted by molar-refractivity contribution is -0.142. The van der Waals surface area contributed by atoms with Gasteiger partial charge in [-0.1, -0.05) is 88.4 Å². The van der Waals surface area contributed by atoms with Crippen LogP contribution in [-0.4, -0.2) is 188 Å². The van der Waals surface area contributed by atoms with Gasteiger partial charge in [-0.3, -0.25) is 63.1 Å². The van der Waals surface area contributed by atoms with E-state index in [0.717, 1.165) is 0 Å². The number of carboxylic acids is 1. The van der Waals surface area contributed by atoms with Crippen molar-refractivity contribution in [2.75, 3.05) is 39.3 Å². The largest absolute Gasteiger partial charge is 0.480 e. The van der Waals surface area contributed by atoms with Crippen LogP contribution in [0.2, 0.25) is 0 Å². The van der Waals surface area contributed by atoms with Gasteiger partial charge in [0, 0.05) is 39.0 Å². The van der Waals surface area contributed by atoms with E-state index >= 15 is 0 Å². The first-order valence-corrected chi connectivity index (χ1v) is 34.4. The number of nitrogens with two attached hydrogens (primary N) is 11. The zero-order chi connectivity index (χ0) is 75.4. The molecule has 0 fully saturated rings. The Balaban J connectivity index is 2.67. The van der Waals surface area contributed by atoms with E-state index in [1.165, 1.54) is 0 Å². The number of rotatable bonds is 51. The molecule has 564 valence electrons. The molecule has 0 aromatic heterocycles. The maximum absolute atomic E-state index is 14.9. The Bertz CT molecular complexity index is 3010. The molecule has 0 bridgehead atoms. The summed E-state index contributed by atoms with van der Waals surface area (Å²) in [5.41, 5.74) is 63.6. The minimum Gasteiger partial charge on any atom is -0.480 e. The first kappa shape index (κ1) is 87.2. The number of guanidine groups is 4. The first-order chi connectivity index (χ1) is 47.9. The Morgan fingerprint density at radius 1 is 0.337 bits per heavy atom. The van der Waals surface area contributed by atoms with E-state index in [-0.39, 0.29) is 165 Å². The van der Waals surface area contributed by atoms with E-state index in [1.54, 1.807) is 74.5 Å². The molecule has 0 aliphatic rings. The number of carbonyl (C=O) groups excluding carboxylic acids is 9. The molecule has 32 N–H and O–H groups in total. The van der Waals surface area contributed by atoms with Crippen LogP contribution in [-0.2, 0) is 60.8 Å². The van der Waals surface area contributed by atoms with Crippen LogP contribution < -0.4 is 111 Å². The molecule has 10 atom stereocenters. The van der Waals surface area contributed by atoms with Gasteiger partial charge < -0.3 is 116 Å². The second-order valence-electron chi connectivity index (χ2n) is 25.5. The Morgan fingerprint density at radius 3 is 0.871 bits per heavy atom. The van der Waals surface area contributed by atoms with Crippen molar-refractivity contribution in [3.8, 4) is 0 Å². The summed E-state index contributed by atoms with van der Waals surface area (Å²) < 4.78 is 0. The highest BCUT2D eigenvalue weighted by Gasteiger charge is 2.36. The van der Waals surface area contributed by atoms with Gasteiger partial charge in [0.15, 0.2) is 23.8 Å². The summed E-state index contributed by atoms with van der Waals surface area (Å²) >= 11 is 0. The maximum Gasteiger partial charge on any atom is 0.326 e. The number of benzene rings is 2. The molecule has 2 rings (SSSR count). The number of amides is 9. The van der Waals surface area contributed by atoms with E-state index in [9.17, 15) is 53.1 Å². The molecule has 0 heterocycles. The summed E-state index contributed by atoms with van der Waals surface area (Å²) in [5, 5.41) is 34.6. The predicted octanol–water partition coefficient (Wildman–Crippen LogP) is -4.19. The van der Waals surface area contributed by atoms with Crippen LogP contribution in [0.3, 0.4) is 0 Å². The molecule has 0 radical (unpaired) electrons. The van der Waals surface area contributed by atoms with Crippen molar-refractivity contribution >= 4 is 83.0 Å². The summed E-state index contributed by atoms with van der Waals surface area (Å²) in [4.78, 5) is 158. The van der Waals surface area contributed by atoms with Gasteiger partial charge in [0.1, 0.15) is 54.4 Å². The van der Waals surface area contributed by atoms with Crippen LogP contribution in [0.15, 0.2) is 80.6 Å². The van der Waals surface area contributed by atoms with E-state index < -0.39 is 120 Å². The Hall–Kier alpha value is -9.90. The average Bonchev–Trinajstić information content (AvgIpc) is 0.858. The van der Waals surface area contributed by atoms with Crippen molar-refractivity contribution in [3.63, 3.8) is 0 Å². The Morgan fingerprint density at radius 2 is 0.584 bits per heavy atom. The van der Waals surface area contributed by atoms with E-state index in [1.807, 2.05) is 13.8 Å². The number of hydrogen-bond acceptors (Lipinski definition) is 17. The fourth-order valence-corrected chi connectivity index (χ4v) is 10.5. The van der Waals surface area contributed by atoms with Gasteiger partial charge in [0.25, 0.3) is 0 Å². The minimum atomic E-state index is -1.46. The van der Waals surface area contributed by atoms with Crippen LogP contribution in [0.1, 0.15) is 142 Å². The summed E-state index contributed by atoms with van der Waals surface area (Å²) in [7, 11) is 0. The third-order valence-electron chi connectivity index (χ3n) is 15.7. The molecule has 9 amide bonds. The lowest BCUT2D eigenvalue weighted by Crippen LogP contribution is -2.61. The van der Waals surface area contributed by atoms with Gasteiger partial charge in [-0.25, -0.2) is 4.79 Å². The third-order valence-corrected chi connectivity index (χ3v) is 15.7. The van der Waals surface area contributed by atoms with Crippen LogP contribution in [0.4, 0.5) is 0 Å². The van der Waals surface area contributed by atoms with Crippen molar-refractivity contribution in [3.05, 3.63) is 71.8 Å². The first-order valence-electron chi connectivity index (χ1n) is 34.4. The van der Waals surface area contributed by atoms with Gasteiger partial charge in [-0.2, -0.15) is 0 Å². The monoisotopic (exact) mass is 1420 g/mol. The van der Waals surface area contributed by atoms with E-state index in [4.69, 9.17) is 63.1 Å². The smallest absolute Gasteiger partial charge is 0.326 e. The van der Waals surface area contributed by atoms with Crippen molar-refractivity contribution in [2.45, 2.75) is 204 Å².